The molecule has 0 saturated carbocycles. The van der Waals surface area contributed by atoms with Gasteiger partial charge < -0.3 is 14.7 Å². The molecule has 1 amide bonds. The van der Waals surface area contributed by atoms with E-state index in [0.29, 0.717) is 52.9 Å². The van der Waals surface area contributed by atoms with Gasteiger partial charge in [-0.3, -0.25) is 14.9 Å². The number of halogens is 1. The molecule has 2 aliphatic heterocycles. The average Bonchev–Trinajstić information content (AvgIpc) is 3.45. The minimum Gasteiger partial charge on any atom is -0.370 e. The van der Waals surface area contributed by atoms with Crippen molar-refractivity contribution in [2.75, 3.05) is 36.5 Å². The van der Waals surface area contributed by atoms with Gasteiger partial charge in [0.15, 0.2) is 5.65 Å². The highest BCUT2D eigenvalue weighted by Crippen LogP contribution is 2.47. The highest BCUT2D eigenvalue weighted by Gasteiger charge is 2.41. The molecule has 5 aromatic rings. The van der Waals surface area contributed by atoms with Crippen LogP contribution in [0.5, 0.6) is 0 Å². The van der Waals surface area contributed by atoms with Crippen molar-refractivity contribution in [2.24, 2.45) is 0 Å². The number of aromatic amines is 1. The monoisotopic (exact) mass is 637 g/mol. The van der Waals surface area contributed by atoms with Crippen LogP contribution in [0.3, 0.4) is 0 Å². The van der Waals surface area contributed by atoms with Crippen molar-refractivity contribution < 1.29 is 4.79 Å². The minimum absolute atomic E-state index is 0.0305. The molecule has 1 aromatic carbocycles. The van der Waals surface area contributed by atoms with Crippen molar-refractivity contribution in [1.82, 2.24) is 34.6 Å². The van der Waals surface area contributed by atoms with Gasteiger partial charge >= 0.3 is 5.69 Å². The topological polar surface area (TPSA) is 116 Å². The predicted octanol–water partition coefficient (Wildman–Crippen LogP) is 5.15. The molecule has 46 heavy (non-hydrogen) atoms. The number of hydrogen-bond donors (Lipinski definition) is 1. The first kappa shape index (κ1) is 29.9. The molecule has 7 rings (SSSR count). The SMILES string of the molecule is C=CC(=O)N1CC(C)N2c3nc(=O)n(-c4c(C)ccnc4C(C)C)c4nc(-c5c(C)ccc6[nH]ncc56)c(Cl)c(c34)N(C)CC2C1. The number of hydrogen-bond acceptors (Lipinski definition) is 8. The summed E-state index contributed by atoms with van der Waals surface area (Å²) in [5.41, 5.74) is 6.27. The van der Waals surface area contributed by atoms with E-state index in [4.69, 9.17) is 26.6 Å². The second-order valence-corrected chi connectivity index (χ2v) is 13.1. The average molecular weight is 638 g/mol. The number of likely N-dealkylation sites (N-methyl/N-ethyl adjacent to an activating group) is 1. The highest BCUT2D eigenvalue weighted by molar-refractivity contribution is 6.38. The van der Waals surface area contributed by atoms with Crippen LogP contribution < -0.4 is 15.5 Å². The molecule has 1 N–H and O–H groups in total. The van der Waals surface area contributed by atoms with E-state index < -0.39 is 5.69 Å². The lowest BCUT2D eigenvalue weighted by molar-refractivity contribution is -0.127. The number of carbonyl (C=O) groups excluding carboxylic acids is 1. The summed E-state index contributed by atoms with van der Waals surface area (Å²) in [6, 6.07) is 5.60. The van der Waals surface area contributed by atoms with Gasteiger partial charge in [0.25, 0.3) is 0 Å². The largest absolute Gasteiger partial charge is 0.370 e. The maximum Gasteiger partial charge on any atom is 0.355 e. The number of piperazine rings is 1. The molecule has 1 fully saturated rings. The molecule has 2 unspecified atom stereocenters. The van der Waals surface area contributed by atoms with Gasteiger partial charge in [0.05, 0.1) is 50.9 Å². The third-order valence-corrected chi connectivity index (χ3v) is 9.66. The van der Waals surface area contributed by atoms with E-state index in [2.05, 4.69) is 40.4 Å². The Morgan fingerprint density at radius 3 is 2.63 bits per heavy atom. The van der Waals surface area contributed by atoms with Crippen LogP contribution in [0.25, 0.3) is 38.9 Å². The van der Waals surface area contributed by atoms with Gasteiger partial charge in [-0.15, -0.1) is 0 Å². The van der Waals surface area contributed by atoms with E-state index in [-0.39, 0.29) is 23.9 Å². The fraction of sp³-hybridized carbons (Fsp3) is 0.353. The van der Waals surface area contributed by atoms with Gasteiger partial charge in [0, 0.05) is 49.9 Å². The molecule has 6 heterocycles. The van der Waals surface area contributed by atoms with Crippen LogP contribution in [0.4, 0.5) is 11.5 Å². The molecule has 0 aliphatic carbocycles. The standard InChI is InChI=1S/C34H36ClN9O2/c1-8-24(45)42-14-20(6)43-21(16-42)15-41(7)31-26-32(38-29(27(31)35)25-18(4)9-10-23-22(25)13-37-40-23)44(34(46)39-33(26)43)30-19(5)11-12-36-28(30)17(2)3/h8-13,17,20-21H,1,14-16H2,2-7H3,(H,37,40). The van der Waals surface area contributed by atoms with E-state index in [1.165, 1.54) is 6.08 Å². The zero-order valence-corrected chi connectivity index (χ0v) is 27.6. The van der Waals surface area contributed by atoms with E-state index in [1.54, 1.807) is 17.0 Å². The number of pyridine rings is 2. The van der Waals surface area contributed by atoms with E-state index in [0.717, 1.165) is 39.0 Å². The lowest BCUT2D eigenvalue weighted by atomic mass is 9.99. The lowest BCUT2D eigenvalue weighted by Gasteiger charge is -2.46. The molecule has 236 valence electrons. The third kappa shape index (κ3) is 4.39. The number of aryl methyl sites for hydroxylation is 2. The van der Waals surface area contributed by atoms with E-state index >= 15 is 0 Å². The zero-order valence-electron chi connectivity index (χ0n) is 26.8. The zero-order chi connectivity index (χ0) is 32.6. The number of nitrogens with zero attached hydrogens (tertiary/aromatic N) is 8. The van der Waals surface area contributed by atoms with Crippen molar-refractivity contribution in [3.8, 4) is 16.9 Å². The second-order valence-electron chi connectivity index (χ2n) is 12.7. The summed E-state index contributed by atoms with van der Waals surface area (Å²) in [7, 11) is 1.99. The number of amides is 1. The molecule has 4 aromatic heterocycles. The molecule has 0 radical (unpaired) electrons. The van der Waals surface area contributed by atoms with Gasteiger partial charge in [-0.2, -0.15) is 10.1 Å². The first-order valence-electron chi connectivity index (χ1n) is 15.5. The Balaban J connectivity index is 1.63. The fourth-order valence-electron chi connectivity index (χ4n) is 7.26. The number of anilines is 2. The van der Waals surface area contributed by atoms with Crippen molar-refractivity contribution in [1.29, 1.82) is 0 Å². The summed E-state index contributed by atoms with van der Waals surface area (Å²) in [4.78, 5) is 48.2. The molecule has 0 spiro atoms. The van der Waals surface area contributed by atoms with Crippen molar-refractivity contribution in [3.63, 3.8) is 0 Å². The Hall–Kier alpha value is -4.77. The Bertz CT molecular complexity index is 2140. The maximum atomic E-state index is 14.5. The smallest absolute Gasteiger partial charge is 0.355 e. The summed E-state index contributed by atoms with van der Waals surface area (Å²) in [5, 5.41) is 9.38. The van der Waals surface area contributed by atoms with Gasteiger partial charge in [-0.05, 0) is 56.0 Å². The maximum absolute atomic E-state index is 14.5. The quantitative estimate of drug-likeness (QED) is 0.269. The summed E-state index contributed by atoms with van der Waals surface area (Å²) in [5.74, 6) is 0.428. The van der Waals surface area contributed by atoms with Crippen molar-refractivity contribution in [3.05, 3.63) is 75.6 Å². The first-order chi connectivity index (χ1) is 22.0. The number of nitrogens with one attached hydrogen (secondary N) is 1. The summed E-state index contributed by atoms with van der Waals surface area (Å²) < 4.78 is 1.61. The number of aromatic nitrogens is 6. The highest BCUT2D eigenvalue weighted by atomic mass is 35.5. The Labute approximate surface area is 271 Å². The van der Waals surface area contributed by atoms with Crippen LogP contribution >= 0.6 is 11.6 Å². The molecule has 2 atom stereocenters. The third-order valence-electron chi connectivity index (χ3n) is 9.30. The van der Waals surface area contributed by atoms with Gasteiger partial charge in [0.1, 0.15) is 5.82 Å². The van der Waals surface area contributed by atoms with Crippen LogP contribution in [-0.4, -0.2) is 79.3 Å². The number of fused-ring (bicyclic) bond motifs is 3. The lowest BCUT2D eigenvalue weighted by Crippen LogP contribution is -2.61. The number of rotatable bonds is 4. The number of H-pyrrole nitrogens is 1. The Morgan fingerprint density at radius 2 is 1.89 bits per heavy atom. The normalized spacial score (nSPS) is 18.0. The molecular weight excluding hydrogens is 602 g/mol. The Morgan fingerprint density at radius 1 is 1.11 bits per heavy atom. The van der Waals surface area contributed by atoms with Crippen molar-refractivity contribution >= 4 is 50.9 Å². The number of carbonyl (C=O) groups is 1. The summed E-state index contributed by atoms with van der Waals surface area (Å²) >= 11 is 7.46. The van der Waals surface area contributed by atoms with Crippen LogP contribution in [0, 0.1) is 13.8 Å². The summed E-state index contributed by atoms with van der Waals surface area (Å²) in [6.07, 6.45) is 4.90. The number of benzene rings is 1. The molecule has 2 aliphatic rings. The first-order valence-corrected chi connectivity index (χ1v) is 15.9. The van der Waals surface area contributed by atoms with Gasteiger partial charge in [-0.25, -0.2) is 14.3 Å². The van der Waals surface area contributed by atoms with Crippen molar-refractivity contribution in [2.45, 2.75) is 52.6 Å². The van der Waals surface area contributed by atoms with Gasteiger partial charge in [0.2, 0.25) is 5.91 Å². The Kier molecular flexibility index (Phi) is 7.11. The second kappa shape index (κ2) is 10.9. The fourth-order valence-corrected chi connectivity index (χ4v) is 7.63. The van der Waals surface area contributed by atoms with Crippen LogP contribution in [0.2, 0.25) is 5.02 Å². The molecule has 0 bridgehead atoms. The van der Waals surface area contributed by atoms with Crippen LogP contribution in [0.1, 0.15) is 43.5 Å². The van der Waals surface area contributed by atoms with Crippen LogP contribution in [-0.2, 0) is 4.79 Å². The minimum atomic E-state index is -0.453. The summed E-state index contributed by atoms with van der Waals surface area (Å²) in [6.45, 7) is 15.3. The van der Waals surface area contributed by atoms with E-state index in [1.807, 2.05) is 50.9 Å². The molecule has 11 nitrogen and oxygen atoms in total. The molecule has 1 saturated heterocycles. The van der Waals surface area contributed by atoms with E-state index in [9.17, 15) is 9.59 Å². The van der Waals surface area contributed by atoms with Crippen LogP contribution in [0.15, 0.2) is 48.0 Å². The molecule has 12 heteroatoms. The predicted molar refractivity (Wildman–Crippen MR) is 182 cm³/mol. The molecular formula is C34H36ClN9O2. The van der Waals surface area contributed by atoms with Gasteiger partial charge in [-0.1, -0.05) is 38.1 Å².